The van der Waals surface area contributed by atoms with Crippen LogP contribution in [0, 0.1) is 0 Å². The maximum Gasteiger partial charge on any atom is 0.0683 e. The highest BCUT2D eigenvalue weighted by Crippen LogP contribution is 2.14. The summed E-state index contributed by atoms with van der Waals surface area (Å²) in [6, 6.07) is 0. The van der Waals surface area contributed by atoms with Gasteiger partial charge < -0.3 is 4.84 Å². The smallest absolute Gasteiger partial charge is 0.0683 e. The average molecular weight is 115 g/mol. The SMILES string of the molecule is CC1(C)CCCON1. The standard InChI is InChI=1S/C6H13NO/c1-6(2)4-3-5-8-7-6/h7H,3-5H2,1-2H3. The third-order valence-corrected chi connectivity index (χ3v) is 1.40. The van der Waals surface area contributed by atoms with Crippen LogP contribution >= 0.6 is 0 Å². The van der Waals surface area contributed by atoms with Crippen LogP contribution in [0.4, 0.5) is 0 Å². The van der Waals surface area contributed by atoms with E-state index < -0.39 is 0 Å². The van der Waals surface area contributed by atoms with Gasteiger partial charge in [0, 0.05) is 5.54 Å². The molecule has 1 N–H and O–H groups in total. The van der Waals surface area contributed by atoms with Gasteiger partial charge in [0.1, 0.15) is 0 Å². The molecule has 1 aliphatic rings. The fourth-order valence-electron chi connectivity index (χ4n) is 0.884. The number of rotatable bonds is 0. The molecule has 0 amide bonds. The fourth-order valence-corrected chi connectivity index (χ4v) is 0.884. The summed E-state index contributed by atoms with van der Waals surface area (Å²) in [6.45, 7) is 5.15. The minimum absolute atomic E-state index is 0.207. The molecule has 8 heavy (non-hydrogen) atoms. The molecule has 0 spiro atoms. The van der Waals surface area contributed by atoms with Crippen LogP contribution in [0.25, 0.3) is 0 Å². The van der Waals surface area contributed by atoms with Crippen molar-refractivity contribution in [1.29, 1.82) is 0 Å². The van der Waals surface area contributed by atoms with E-state index in [4.69, 9.17) is 4.84 Å². The zero-order valence-corrected chi connectivity index (χ0v) is 5.53. The van der Waals surface area contributed by atoms with Crippen LogP contribution in [0.15, 0.2) is 0 Å². The number of nitrogens with one attached hydrogen (secondary N) is 1. The molecule has 0 aromatic carbocycles. The molecule has 0 radical (unpaired) electrons. The van der Waals surface area contributed by atoms with Gasteiger partial charge in [0.25, 0.3) is 0 Å². The van der Waals surface area contributed by atoms with E-state index in [9.17, 15) is 0 Å². The summed E-state index contributed by atoms with van der Waals surface area (Å²) in [4.78, 5) is 5.03. The molecule has 0 aliphatic carbocycles. The van der Waals surface area contributed by atoms with Crippen molar-refractivity contribution in [3.8, 4) is 0 Å². The Morgan fingerprint density at radius 1 is 1.50 bits per heavy atom. The summed E-state index contributed by atoms with van der Waals surface area (Å²) in [5.41, 5.74) is 3.16. The monoisotopic (exact) mass is 115 g/mol. The molecule has 48 valence electrons. The first-order valence-electron chi connectivity index (χ1n) is 3.10. The van der Waals surface area contributed by atoms with Crippen molar-refractivity contribution < 1.29 is 4.84 Å². The van der Waals surface area contributed by atoms with Crippen LogP contribution in [0.1, 0.15) is 26.7 Å². The van der Waals surface area contributed by atoms with Gasteiger partial charge in [-0.2, -0.15) is 5.48 Å². The van der Waals surface area contributed by atoms with Crippen LogP contribution in [-0.2, 0) is 4.84 Å². The highest BCUT2D eigenvalue weighted by atomic mass is 16.6. The zero-order valence-electron chi connectivity index (χ0n) is 5.53. The minimum Gasteiger partial charge on any atom is -0.301 e. The van der Waals surface area contributed by atoms with Gasteiger partial charge in [-0.3, -0.25) is 0 Å². The van der Waals surface area contributed by atoms with Gasteiger partial charge in [-0.05, 0) is 26.7 Å². The summed E-state index contributed by atoms with van der Waals surface area (Å²) >= 11 is 0. The molecule has 0 aromatic rings. The van der Waals surface area contributed by atoms with Crippen molar-refractivity contribution in [2.75, 3.05) is 6.61 Å². The lowest BCUT2D eigenvalue weighted by Crippen LogP contribution is -2.43. The van der Waals surface area contributed by atoms with Crippen molar-refractivity contribution in [3.63, 3.8) is 0 Å². The molecular formula is C6H13NO. The Labute approximate surface area is 50.2 Å². The molecule has 0 bridgehead atoms. The normalized spacial score (nSPS) is 27.8. The Hall–Kier alpha value is -0.0800. The predicted octanol–water partition coefficient (Wildman–Crippen LogP) is 1.08. The summed E-state index contributed by atoms with van der Waals surface area (Å²) in [5.74, 6) is 0. The Bertz CT molecular complexity index is 72.6. The molecule has 2 nitrogen and oxygen atoms in total. The minimum atomic E-state index is 0.207. The maximum absolute atomic E-state index is 5.03. The lowest BCUT2D eigenvalue weighted by atomic mass is 9.99. The largest absolute Gasteiger partial charge is 0.301 e. The Morgan fingerprint density at radius 2 is 2.25 bits per heavy atom. The van der Waals surface area contributed by atoms with Gasteiger partial charge in [0.05, 0.1) is 6.61 Å². The van der Waals surface area contributed by atoms with Crippen molar-refractivity contribution in [3.05, 3.63) is 0 Å². The molecule has 1 saturated heterocycles. The highest BCUT2D eigenvalue weighted by molar-refractivity contribution is 4.74. The van der Waals surface area contributed by atoms with E-state index in [2.05, 4.69) is 19.3 Å². The highest BCUT2D eigenvalue weighted by Gasteiger charge is 2.20. The lowest BCUT2D eigenvalue weighted by Gasteiger charge is -2.29. The second-order valence-electron chi connectivity index (χ2n) is 2.94. The van der Waals surface area contributed by atoms with Gasteiger partial charge in [0.2, 0.25) is 0 Å². The molecule has 1 aliphatic heterocycles. The van der Waals surface area contributed by atoms with Crippen molar-refractivity contribution in [1.82, 2.24) is 5.48 Å². The molecule has 0 aromatic heterocycles. The number of hydrogen-bond donors (Lipinski definition) is 1. The molecule has 0 atom stereocenters. The van der Waals surface area contributed by atoms with E-state index in [1.54, 1.807) is 0 Å². The van der Waals surface area contributed by atoms with Crippen molar-refractivity contribution >= 4 is 0 Å². The van der Waals surface area contributed by atoms with Gasteiger partial charge in [-0.25, -0.2) is 0 Å². The summed E-state index contributed by atoms with van der Waals surface area (Å²) in [6.07, 6.45) is 2.40. The summed E-state index contributed by atoms with van der Waals surface area (Å²) < 4.78 is 0. The molecule has 0 saturated carbocycles. The summed E-state index contributed by atoms with van der Waals surface area (Å²) in [5, 5.41) is 0. The lowest BCUT2D eigenvalue weighted by molar-refractivity contribution is -0.0499. The zero-order chi connectivity index (χ0) is 6.04. The van der Waals surface area contributed by atoms with E-state index in [1.807, 2.05) is 0 Å². The van der Waals surface area contributed by atoms with Gasteiger partial charge in [-0.1, -0.05) is 0 Å². The van der Waals surface area contributed by atoms with Crippen LogP contribution < -0.4 is 5.48 Å². The van der Waals surface area contributed by atoms with E-state index in [1.165, 1.54) is 12.8 Å². The third-order valence-electron chi connectivity index (χ3n) is 1.40. The van der Waals surface area contributed by atoms with Crippen LogP contribution in [0.5, 0.6) is 0 Å². The first-order chi connectivity index (χ1) is 3.71. The van der Waals surface area contributed by atoms with Gasteiger partial charge in [0.15, 0.2) is 0 Å². The van der Waals surface area contributed by atoms with Crippen LogP contribution in [0.3, 0.4) is 0 Å². The Balaban J connectivity index is 2.33. The third kappa shape index (κ3) is 1.46. The van der Waals surface area contributed by atoms with Crippen molar-refractivity contribution in [2.45, 2.75) is 32.2 Å². The molecule has 1 rings (SSSR count). The first-order valence-corrected chi connectivity index (χ1v) is 3.10. The Morgan fingerprint density at radius 3 is 2.50 bits per heavy atom. The van der Waals surface area contributed by atoms with E-state index in [0.717, 1.165) is 6.61 Å². The van der Waals surface area contributed by atoms with E-state index >= 15 is 0 Å². The van der Waals surface area contributed by atoms with Crippen molar-refractivity contribution in [2.24, 2.45) is 0 Å². The van der Waals surface area contributed by atoms with E-state index in [-0.39, 0.29) is 5.54 Å². The molecule has 0 unspecified atom stereocenters. The average Bonchev–Trinajstić information content (AvgIpc) is 1.65. The van der Waals surface area contributed by atoms with Crippen LogP contribution in [-0.4, -0.2) is 12.1 Å². The van der Waals surface area contributed by atoms with Gasteiger partial charge >= 0.3 is 0 Å². The quantitative estimate of drug-likeness (QED) is 0.510. The molecule has 2 heteroatoms. The van der Waals surface area contributed by atoms with Crippen LogP contribution in [0.2, 0.25) is 0 Å². The fraction of sp³-hybridized carbons (Fsp3) is 1.00. The number of hydrogen-bond acceptors (Lipinski definition) is 2. The second-order valence-corrected chi connectivity index (χ2v) is 2.94. The predicted molar refractivity (Wildman–Crippen MR) is 32.4 cm³/mol. The van der Waals surface area contributed by atoms with E-state index in [0.29, 0.717) is 0 Å². The number of hydroxylamine groups is 1. The molecule has 1 heterocycles. The van der Waals surface area contributed by atoms with Gasteiger partial charge in [-0.15, -0.1) is 0 Å². The topological polar surface area (TPSA) is 21.3 Å². The molecule has 1 fully saturated rings. The maximum atomic E-state index is 5.03. The molecular weight excluding hydrogens is 102 g/mol. The first kappa shape index (κ1) is 6.05. The summed E-state index contributed by atoms with van der Waals surface area (Å²) in [7, 11) is 0. The second kappa shape index (κ2) is 2.03. The Kier molecular flexibility index (Phi) is 1.54.